The molecule has 1 aromatic carbocycles. The molecular formula is C21H25N3O3. The fourth-order valence-electron chi connectivity index (χ4n) is 3.22. The van der Waals surface area contributed by atoms with E-state index in [0.717, 1.165) is 24.5 Å². The van der Waals surface area contributed by atoms with Gasteiger partial charge in [-0.25, -0.2) is 4.98 Å². The van der Waals surface area contributed by atoms with E-state index in [2.05, 4.69) is 15.2 Å². The van der Waals surface area contributed by atoms with Crippen molar-refractivity contribution < 1.29 is 14.3 Å². The summed E-state index contributed by atoms with van der Waals surface area (Å²) in [4.78, 5) is 31.3. The Morgan fingerprint density at radius 3 is 2.52 bits per heavy atom. The summed E-state index contributed by atoms with van der Waals surface area (Å²) < 4.78 is 5.05. The summed E-state index contributed by atoms with van der Waals surface area (Å²) in [5.74, 6) is 0.304. The van der Waals surface area contributed by atoms with Gasteiger partial charge in [0.15, 0.2) is 0 Å². The maximum Gasteiger partial charge on any atom is 0.308 e. The lowest BCUT2D eigenvalue weighted by molar-refractivity contribution is -0.143. The molecule has 6 heteroatoms. The lowest BCUT2D eigenvalue weighted by Gasteiger charge is -2.19. The Morgan fingerprint density at radius 1 is 1.15 bits per heavy atom. The maximum absolute atomic E-state index is 12.7. The van der Waals surface area contributed by atoms with Crippen LogP contribution in [0.3, 0.4) is 0 Å². The van der Waals surface area contributed by atoms with Crippen LogP contribution in [0.2, 0.25) is 0 Å². The zero-order chi connectivity index (χ0) is 19.1. The lowest BCUT2D eigenvalue weighted by Crippen LogP contribution is -2.31. The highest BCUT2D eigenvalue weighted by Crippen LogP contribution is 2.20. The minimum absolute atomic E-state index is 0.0862. The summed E-state index contributed by atoms with van der Waals surface area (Å²) in [7, 11) is 0. The van der Waals surface area contributed by atoms with Gasteiger partial charge in [0.1, 0.15) is 5.82 Å². The second-order valence-electron chi connectivity index (χ2n) is 6.55. The highest BCUT2D eigenvalue weighted by atomic mass is 16.5. The van der Waals surface area contributed by atoms with Crippen LogP contribution in [0.1, 0.15) is 48.1 Å². The molecule has 2 aromatic rings. The zero-order valence-corrected chi connectivity index (χ0v) is 15.6. The first-order valence-corrected chi connectivity index (χ1v) is 9.40. The molecule has 1 N–H and O–H groups in total. The Balaban J connectivity index is 1.70. The Hall–Kier alpha value is -2.89. The van der Waals surface area contributed by atoms with Gasteiger partial charge in [0.25, 0.3) is 5.91 Å². The van der Waals surface area contributed by atoms with Crippen LogP contribution in [-0.2, 0) is 9.53 Å². The summed E-state index contributed by atoms with van der Waals surface area (Å²) in [5, 5.41) is 2.93. The molecule has 2 heterocycles. The zero-order valence-electron chi connectivity index (χ0n) is 15.6. The van der Waals surface area contributed by atoms with Crippen molar-refractivity contribution in [3.05, 3.63) is 59.8 Å². The van der Waals surface area contributed by atoms with Gasteiger partial charge in [0, 0.05) is 19.3 Å². The van der Waals surface area contributed by atoms with Crippen LogP contribution in [0.15, 0.2) is 48.7 Å². The number of benzene rings is 1. The predicted molar refractivity (Wildman–Crippen MR) is 104 cm³/mol. The van der Waals surface area contributed by atoms with Crippen LogP contribution >= 0.6 is 0 Å². The molecule has 1 atom stereocenters. The first-order chi connectivity index (χ1) is 13.2. The quantitative estimate of drug-likeness (QED) is 0.762. The number of carbonyl (C=O) groups excluding carboxylic acids is 2. The van der Waals surface area contributed by atoms with Gasteiger partial charge >= 0.3 is 5.97 Å². The van der Waals surface area contributed by atoms with Crippen molar-refractivity contribution in [2.75, 3.05) is 24.6 Å². The van der Waals surface area contributed by atoms with Crippen molar-refractivity contribution in [3.63, 3.8) is 0 Å². The lowest BCUT2D eigenvalue weighted by atomic mass is 10.0. The molecule has 0 aliphatic carbocycles. The minimum atomic E-state index is -0.448. The summed E-state index contributed by atoms with van der Waals surface area (Å²) in [6.07, 6.45) is 4.03. The molecule has 142 valence electrons. The predicted octanol–water partition coefficient (Wildman–Crippen LogP) is 3.11. The van der Waals surface area contributed by atoms with Crippen LogP contribution in [0.5, 0.6) is 0 Å². The molecule has 1 fully saturated rings. The molecule has 27 heavy (non-hydrogen) atoms. The third-order valence-corrected chi connectivity index (χ3v) is 4.62. The number of esters is 1. The smallest absolute Gasteiger partial charge is 0.308 e. The molecule has 1 aliphatic heterocycles. The molecule has 1 aliphatic rings. The van der Waals surface area contributed by atoms with Crippen LogP contribution in [0.25, 0.3) is 0 Å². The van der Waals surface area contributed by atoms with Crippen LogP contribution in [0.4, 0.5) is 5.82 Å². The van der Waals surface area contributed by atoms with Gasteiger partial charge in [-0.05, 0) is 37.5 Å². The first kappa shape index (κ1) is 18.9. The number of ether oxygens (including phenoxy) is 1. The van der Waals surface area contributed by atoms with Gasteiger partial charge in [-0.1, -0.05) is 30.3 Å². The molecule has 3 rings (SSSR count). The molecule has 1 aromatic heterocycles. The topological polar surface area (TPSA) is 71.5 Å². The minimum Gasteiger partial charge on any atom is -0.466 e. The molecule has 6 nitrogen and oxygen atoms in total. The first-order valence-electron chi connectivity index (χ1n) is 9.40. The summed E-state index contributed by atoms with van der Waals surface area (Å²) in [6.45, 7) is 4.10. The Bertz CT molecular complexity index is 756. The standard InChI is InChI=1S/C21H25N3O3/c1-2-27-20(25)14-18(16-8-4-3-5-9-16)23-21(26)17-10-11-19(22-15-17)24-12-6-7-13-24/h3-5,8-11,15,18H,2,6-7,12-14H2,1H3,(H,23,26). The summed E-state index contributed by atoms with van der Waals surface area (Å²) in [5.41, 5.74) is 1.34. The fraction of sp³-hybridized carbons (Fsp3) is 0.381. The fourth-order valence-corrected chi connectivity index (χ4v) is 3.22. The molecule has 1 amide bonds. The molecule has 0 saturated carbocycles. The molecule has 0 spiro atoms. The largest absolute Gasteiger partial charge is 0.466 e. The van der Waals surface area contributed by atoms with Crippen molar-refractivity contribution in [2.45, 2.75) is 32.2 Å². The van der Waals surface area contributed by atoms with E-state index in [9.17, 15) is 9.59 Å². The van der Waals surface area contributed by atoms with Gasteiger partial charge < -0.3 is 15.0 Å². The molecule has 0 bridgehead atoms. The molecule has 0 radical (unpaired) electrons. The monoisotopic (exact) mass is 367 g/mol. The SMILES string of the molecule is CCOC(=O)CC(NC(=O)c1ccc(N2CCCC2)nc1)c1ccccc1. The Kier molecular flexibility index (Phi) is 6.41. The second-order valence-corrected chi connectivity index (χ2v) is 6.55. The maximum atomic E-state index is 12.7. The van der Waals surface area contributed by atoms with Gasteiger partial charge in [-0.2, -0.15) is 0 Å². The number of nitrogens with zero attached hydrogens (tertiary/aromatic N) is 2. The number of aromatic nitrogens is 1. The van der Waals surface area contributed by atoms with E-state index in [-0.39, 0.29) is 18.3 Å². The van der Waals surface area contributed by atoms with E-state index in [1.54, 1.807) is 19.2 Å². The van der Waals surface area contributed by atoms with Crippen LogP contribution in [-0.4, -0.2) is 36.6 Å². The van der Waals surface area contributed by atoms with Crippen molar-refractivity contribution in [3.8, 4) is 0 Å². The number of carbonyl (C=O) groups is 2. The average Bonchev–Trinajstić information content (AvgIpc) is 3.23. The van der Waals surface area contributed by atoms with E-state index in [4.69, 9.17) is 4.74 Å². The molecule has 1 saturated heterocycles. The van der Waals surface area contributed by atoms with E-state index in [0.29, 0.717) is 12.2 Å². The molecular weight excluding hydrogens is 342 g/mol. The average molecular weight is 367 g/mol. The summed E-state index contributed by atoms with van der Waals surface area (Å²) in [6, 6.07) is 12.6. The van der Waals surface area contributed by atoms with Gasteiger partial charge in [0.2, 0.25) is 0 Å². The molecule has 1 unspecified atom stereocenters. The Labute approximate surface area is 159 Å². The summed E-state index contributed by atoms with van der Waals surface area (Å²) >= 11 is 0. The number of hydrogen-bond acceptors (Lipinski definition) is 5. The second kappa shape index (κ2) is 9.16. The number of amides is 1. The van der Waals surface area contributed by atoms with E-state index < -0.39 is 6.04 Å². The van der Waals surface area contributed by atoms with Crippen LogP contribution < -0.4 is 10.2 Å². The van der Waals surface area contributed by atoms with Crippen molar-refractivity contribution in [1.29, 1.82) is 0 Å². The van der Waals surface area contributed by atoms with Gasteiger partial charge in [-0.15, -0.1) is 0 Å². The Morgan fingerprint density at radius 2 is 1.89 bits per heavy atom. The number of anilines is 1. The van der Waals surface area contributed by atoms with Crippen LogP contribution in [0, 0.1) is 0 Å². The number of hydrogen-bond donors (Lipinski definition) is 1. The number of nitrogens with one attached hydrogen (secondary N) is 1. The van der Waals surface area contributed by atoms with E-state index >= 15 is 0 Å². The highest BCUT2D eigenvalue weighted by molar-refractivity contribution is 5.94. The highest BCUT2D eigenvalue weighted by Gasteiger charge is 2.20. The van der Waals surface area contributed by atoms with Gasteiger partial charge in [0.05, 0.1) is 24.6 Å². The third-order valence-electron chi connectivity index (χ3n) is 4.62. The van der Waals surface area contributed by atoms with Crippen molar-refractivity contribution >= 4 is 17.7 Å². The van der Waals surface area contributed by atoms with Gasteiger partial charge in [-0.3, -0.25) is 9.59 Å². The van der Waals surface area contributed by atoms with E-state index in [1.807, 2.05) is 36.4 Å². The van der Waals surface area contributed by atoms with E-state index in [1.165, 1.54) is 12.8 Å². The van der Waals surface area contributed by atoms with Crippen molar-refractivity contribution in [2.24, 2.45) is 0 Å². The van der Waals surface area contributed by atoms with Crippen molar-refractivity contribution in [1.82, 2.24) is 10.3 Å². The normalized spacial score (nSPS) is 14.6. The number of pyridine rings is 1. The number of rotatable bonds is 7. The third kappa shape index (κ3) is 5.06.